The Kier molecular flexibility index (Phi) is 6.73. The predicted octanol–water partition coefficient (Wildman–Crippen LogP) is 5.34. The molecule has 1 heterocycles. The lowest BCUT2D eigenvalue weighted by Gasteiger charge is -2.26. The summed E-state index contributed by atoms with van der Waals surface area (Å²) in [7, 11) is 1.91. The summed E-state index contributed by atoms with van der Waals surface area (Å²) in [4.78, 5) is 15.2. The number of likely N-dealkylation sites (N-methyl/N-ethyl adjacent to an activating group) is 1. The average molecular weight is 344 g/mol. The normalized spacial score (nSPS) is 19.6. The highest BCUT2D eigenvalue weighted by Crippen LogP contribution is 2.34. The zero-order chi connectivity index (χ0) is 17.7. The fourth-order valence-corrected chi connectivity index (χ4v) is 4.29. The largest absolute Gasteiger partial charge is 0.335 e. The zero-order valence-electron chi connectivity index (χ0n) is 15.5. The lowest BCUT2D eigenvalue weighted by molar-refractivity contribution is -0.124. The number of carbonyl (C=O) groups excluding carboxylic acids is 1. The highest BCUT2D eigenvalue weighted by molar-refractivity contribution is 8.02. The van der Waals surface area contributed by atoms with Gasteiger partial charge in [0.1, 0.15) is 0 Å². The molecule has 130 valence electrons. The van der Waals surface area contributed by atoms with Crippen molar-refractivity contribution in [2.24, 2.45) is 5.92 Å². The summed E-state index contributed by atoms with van der Waals surface area (Å²) < 4.78 is 0. The minimum absolute atomic E-state index is 0.137. The van der Waals surface area contributed by atoms with E-state index in [2.05, 4.69) is 58.0 Å². The number of nitrogens with zero attached hydrogens (tertiary/aromatic N) is 1. The van der Waals surface area contributed by atoms with Gasteiger partial charge in [-0.15, -0.1) is 11.8 Å². The topological polar surface area (TPSA) is 20.3 Å². The van der Waals surface area contributed by atoms with Crippen molar-refractivity contribution in [2.45, 2.75) is 52.3 Å². The average Bonchev–Trinajstić information content (AvgIpc) is 2.79. The molecule has 0 spiro atoms. The first-order valence-electron chi connectivity index (χ1n) is 8.75. The Morgan fingerprint density at radius 3 is 2.50 bits per heavy atom. The van der Waals surface area contributed by atoms with Gasteiger partial charge in [-0.05, 0) is 48.6 Å². The summed E-state index contributed by atoms with van der Waals surface area (Å²) >= 11 is 1.94. The number of rotatable bonds is 7. The number of allylic oxidation sites excluding steroid dienone is 2. The summed E-state index contributed by atoms with van der Waals surface area (Å²) in [6.45, 7) is 8.67. The molecule has 1 unspecified atom stereocenters. The van der Waals surface area contributed by atoms with Gasteiger partial charge >= 0.3 is 0 Å². The van der Waals surface area contributed by atoms with Gasteiger partial charge in [0.15, 0.2) is 0 Å². The molecular formula is C21H29NOS. The Bertz CT molecular complexity index is 630. The van der Waals surface area contributed by atoms with Gasteiger partial charge in [0.25, 0.3) is 0 Å². The minimum atomic E-state index is 0.137. The molecule has 0 radical (unpaired) electrons. The number of benzene rings is 1. The molecule has 2 nitrogen and oxygen atoms in total. The first-order valence-corrected chi connectivity index (χ1v) is 9.74. The summed E-state index contributed by atoms with van der Waals surface area (Å²) in [6.07, 6.45) is 6.17. The number of hydrogen-bond acceptors (Lipinski definition) is 2. The Labute approximate surface area is 151 Å². The highest BCUT2D eigenvalue weighted by Gasteiger charge is 2.29. The molecule has 0 aromatic heterocycles. The number of carbonyl (C=O) groups is 1. The number of aryl methyl sites for hydroxylation is 1. The molecule has 2 atom stereocenters. The fourth-order valence-electron chi connectivity index (χ4n) is 3.10. The van der Waals surface area contributed by atoms with Gasteiger partial charge < -0.3 is 4.90 Å². The maximum Gasteiger partial charge on any atom is 0.246 e. The Balaban J connectivity index is 1.99. The van der Waals surface area contributed by atoms with Crippen molar-refractivity contribution in [2.75, 3.05) is 7.05 Å². The zero-order valence-corrected chi connectivity index (χ0v) is 16.3. The van der Waals surface area contributed by atoms with Gasteiger partial charge in [-0.3, -0.25) is 4.79 Å². The second-order valence-electron chi connectivity index (χ2n) is 6.78. The molecule has 0 N–H and O–H groups in total. The van der Waals surface area contributed by atoms with Crippen molar-refractivity contribution in [3.05, 3.63) is 58.0 Å². The summed E-state index contributed by atoms with van der Waals surface area (Å²) in [5.74, 6) is 1.60. The van der Waals surface area contributed by atoms with Gasteiger partial charge in [0.2, 0.25) is 5.91 Å². The van der Waals surface area contributed by atoms with Crippen LogP contribution in [0.1, 0.15) is 44.7 Å². The molecular weight excluding hydrogens is 314 g/mol. The maximum atomic E-state index is 11.8. The summed E-state index contributed by atoms with van der Waals surface area (Å²) in [5.41, 5.74) is 3.86. The van der Waals surface area contributed by atoms with Gasteiger partial charge in [0.05, 0.1) is 6.04 Å². The van der Waals surface area contributed by atoms with Gasteiger partial charge in [0, 0.05) is 18.9 Å². The number of hydrogen-bond donors (Lipinski definition) is 0. The second-order valence-corrected chi connectivity index (χ2v) is 7.83. The molecule has 1 amide bonds. The van der Waals surface area contributed by atoms with Crippen LogP contribution in [0.25, 0.3) is 0 Å². The van der Waals surface area contributed by atoms with E-state index in [0.717, 1.165) is 18.6 Å². The van der Waals surface area contributed by atoms with E-state index in [1.54, 1.807) is 6.08 Å². The molecule has 0 fully saturated rings. The molecule has 3 heteroatoms. The molecule has 1 aromatic carbocycles. The third-order valence-electron chi connectivity index (χ3n) is 4.69. The van der Waals surface area contributed by atoms with Crippen LogP contribution in [0.2, 0.25) is 0 Å². The fraction of sp³-hybridized carbons (Fsp3) is 0.476. The van der Waals surface area contributed by atoms with Crippen molar-refractivity contribution in [3.63, 3.8) is 0 Å². The van der Waals surface area contributed by atoms with Gasteiger partial charge in [-0.2, -0.15) is 0 Å². The van der Waals surface area contributed by atoms with E-state index in [1.165, 1.54) is 21.6 Å². The smallest absolute Gasteiger partial charge is 0.246 e. The van der Waals surface area contributed by atoms with Crippen molar-refractivity contribution in [3.8, 4) is 0 Å². The third kappa shape index (κ3) is 4.76. The van der Waals surface area contributed by atoms with Crippen molar-refractivity contribution in [1.29, 1.82) is 0 Å². The van der Waals surface area contributed by atoms with E-state index < -0.39 is 0 Å². The molecule has 0 aliphatic carbocycles. The summed E-state index contributed by atoms with van der Waals surface area (Å²) in [5, 5.41) is 0. The molecule has 1 aromatic rings. The van der Waals surface area contributed by atoms with Crippen LogP contribution in [0, 0.1) is 12.8 Å². The molecule has 24 heavy (non-hydrogen) atoms. The van der Waals surface area contributed by atoms with Crippen molar-refractivity contribution in [1.82, 2.24) is 4.90 Å². The molecule has 2 rings (SSSR count). The van der Waals surface area contributed by atoms with E-state index in [1.807, 2.05) is 23.7 Å². The van der Waals surface area contributed by atoms with E-state index in [9.17, 15) is 4.79 Å². The standard InChI is InChI=1S/C21H29NOS/c1-6-7-20(24-14-18-10-8-15(2)9-11-18)17(4)12-19-16(3)13-21(23)22(19)5/h7-11,13,17,19H,6,12,14H2,1-5H3/b20-7-/t17-,19?/m1/s1. The van der Waals surface area contributed by atoms with Crippen molar-refractivity contribution < 1.29 is 4.79 Å². The molecule has 0 saturated heterocycles. The molecule has 0 saturated carbocycles. The molecule has 1 aliphatic rings. The van der Waals surface area contributed by atoms with Crippen LogP contribution in [0.3, 0.4) is 0 Å². The monoisotopic (exact) mass is 343 g/mol. The Hall–Kier alpha value is -1.48. The van der Waals surface area contributed by atoms with E-state index >= 15 is 0 Å². The quantitative estimate of drug-likeness (QED) is 0.666. The molecule has 0 bridgehead atoms. The first kappa shape index (κ1) is 18.9. The first-order chi connectivity index (χ1) is 11.4. The van der Waals surface area contributed by atoms with Crippen LogP contribution in [0.4, 0.5) is 0 Å². The van der Waals surface area contributed by atoms with Crippen molar-refractivity contribution >= 4 is 17.7 Å². The predicted molar refractivity (Wildman–Crippen MR) is 105 cm³/mol. The maximum absolute atomic E-state index is 11.8. The third-order valence-corrected chi connectivity index (χ3v) is 6.07. The summed E-state index contributed by atoms with van der Waals surface area (Å²) in [6, 6.07) is 9.03. The van der Waals surface area contributed by atoms with Crippen LogP contribution < -0.4 is 0 Å². The lowest BCUT2D eigenvalue weighted by Crippen LogP contribution is -2.32. The van der Waals surface area contributed by atoms with Crippen LogP contribution in [0.15, 0.2) is 46.9 Å². The second kappa shape index (κ2) is 8.57. The van der Waals surface area contributed by atoms with Crippen LogP contribution in [-0.2, 0) is 10.5 Å². The van der Waals surface area contributed by atoms with Crippen LogP contribution in [0.5, 0.6) is 0 Å². The van der Waals surface area contributed by atoms with Crippen LogP contribution in [-0.4, -0.2) is 23.9 Å². The minimum Gasteiger partial charge on any atom is -0.335 e. The lowest BCUT2D eigenvalue weighted by atomic mass is 9.96. The number of amides is 1. The Morgan fingerprint density at radius 2 is 1.96 bits per heavy atom. The molecule has 1 aliphatic heterocycles. The van der Waals surface area contributed by atoms with E-state index in [0.29, 0.717) is 5.92 Å². The van der Waals surface area contributed by atoms with E-state index in [-0.39, 0.29) is 11.9 Å². The SMILES string of the molecule is CC/C=C(\SCc1ccc(C)cc1)[C@H](C)CC1C(C)=CC(=O)N1C. The van der Waals surface area contributed by atoms with Gasteiger partial charge in [-0.25, -0.2) is 0 Å². The highest BCUT2D eigenvalue weighted by atomic mass is 32.2. The van der Waals surface area contributed by atoms with Crippen LogP contribution >= 0.6 is 11.8 Å². The van der Waals surface area contributed by atoms with E-state index in [4.69, 9.17) is 0 Å². The van der Waals surface area contributed by atoms with Gasteiger partial charge in [-0.1, -0.05) is 49.8 Å². The Morgan fingerprint density at radius 1 is 1.29 bits per heavy atom. The number of thioether (sulfide) groups is 1.